The standard InChI is InChI=1S/C19H16O2/c1-2-15-9-5-11-17-16(15)10-6-12-18(17)19(20)21-13-14-7-3-4-8-14/h2-7,9-12H,1,8,13H2. The van der Waals surface area contributed by atoms with E-state index in [9.17, 15) is 4.79 Å². The second-order valence-electron chi connectivity index (χ2n) is 4.99. The molecule has 2 heteroatoms. The van der Waals surface area contributed by atoms with Crippen LogP contribution in [0.5, 0.6) is 0 Å². The molecule has 2 aromatic rings. The Bertz CT molecular complexity index is 766. The molecule has 0 saturated heterocycles. The summed E-state index contributed by atoms with van der Waals surface area (Å²) in [6.45, 7) is 4.16. The van der Waals surface area contributed by atoms with Gasteiger partial charge in [-0.05, 0) is 34.4 Å². The summed E-state index contributed by atoms with van der Waals surface area (Å²) in [5, 5.41) is 1.92. The van der Waals surface area contributed by atoms with E-state index in [0.717, 1.165) is 28.3 Å². The molecule has 0 spiro atoms. The Hall–Kier alpha value is -2.61. The van der Waals surface area contributed by atoms with E-state index >= 15 is 0 Å². The van der Waals surface area contributed by atoms with E-state index in [2.05, 4.69) is 12.7 Å². The van der Waals surface area contributed by atoms with Crippen molar-refractivity contribution in [2.24, 2.45) is 0 Å². The first-order chi connectivity index (χ1) is 10.3. The fraction of sp³-hybridized carbons (Fsp3) is 0.105. The molecule has 0 amide bonds. The first kappa shape index (κ1) is 13.4. The van der Waals surface area contributed by atoms with Crippen molar-refractivity contribution in [1.82, 2.24) is 0 Å². The van der Waals surface area contributed by atoms with Crippen LogP contribution >= 0.6 is 0 Å². The topological polar surface area (TPSA) is 26.3 Å². The normalized spacial score (nSPS) is 13.2. The third-order valence-corrected chi connectivity index (χ3v) is 3.63. The molecule has 2 aromatic carbocycles. The molecule has 0 unspecified atom stereocenters. The third kappa shape index (κ3) is 2.65. The highest BCUT2D eigenvalue weighted by molar-refractivity contribution is 6.06. The van der Waals surface area contributed by atoms with Crippen LogP contribution in [0.3, 0.4) is 0 Å². The Morgan fingerprint density at radius 2 is 2.00 bits per heavy atom. The summed E-state index contributed by atoms with van der Waals surface area (Å²) in [7, 11) is 0. The van der Waals surface area contributed by atoms with Crippen LogP contribution in [0.15, 0.2) is 66.8 Å². The molecule has 2 nitrogen and oxygen atoms in total. The molecule has 0 radical (unpaired) electrons. The maximum atomic E-state index is 12.3. The molecular formula is C19H16O2. The smallest absolute Gasteiger partial charge is 0.339 e. The molecule has 3 rings (SSSR count). The largest absolute Gasteiger partial charge is 0.458 e. The number of carbonyl (C=O) groups excluding carboxylic acids is 1. The molecule has 104 valence electrons. The number of esters is 1. The van der Waals surface area contributed by atoms with Gasteiger partial charge in [0.1, 0.15) is 6.61 Å². The van der Waals surface area contributed by atoms with Crippen molar-refractivity contribution in [1.29, 1.82) is 0 Å². The lowest BCUT2D eigenvalue weighted by atomic mass is 10.00. The van der Waals surface area contributed by atoms with Crippen molar-refractivity contribution < 1.29 is 9.53 Å². The number of allylic oxidation sites excluding steroid dienone is 3. The summed E-state index contributed by atoms with van der Waals surface area (Å²) in [6, 6.07) is 11.5. The zero-order valence-electron chi connectivity index (χ0n) is 11.7. The van der Waals surface area contributed by atoms with Crippen LogP contribution in [0.4, 0.5) is 0 Å². The summed E-state index contributed by atoms with van der Waals surface area (Å²) >= 11 is 0. The zero-order valence-corrected chi connectivity index (χ0v) is 11.7. The fourth-order valence-electron chi connectivity index (χ4n) is 2.52. The van der Waals surface area contributed by atoms with Gasteiger partial charge in [0.05, 0.1) is 5.56 Å². The fourth-order valence-corrected chi connectivity index (χ4v) is 2.52. The Labute approximate surface area is 124 Å². The minimum Gasteiger partial charge on any atom is -0.458 e. The second kappa shape index (κ2) is 5.80. The molecule has 0 bridgehead atoms. The highest BCUT2D eigenvalue weighted by Gasteiger charge is 2.13. The van der Waals surface area contributed by atoms with Gasteiger partial charge in [0, 0.05) is 0 Å². The molecule has 0 saturated carbocycles. The number of hydrogen-bond donors (Lipinski definition) is 0. The Balaban J connectivity index is 1.89. The van der Waals surface area contributed by atoms with Crippen molar-refractivity contribution in [2.75, 3.05) is 6.61 Å². The predicted molar refractivity (Wildman–Crippen MR) is 86.2 cm³/mol. The molecule has 0 heterocycles. The van der Waals surface area contributed by atoms with Crippen LogP contribution in [0.2, 0.25) is 0 Å². The minimum atomic E-state index is -0.283. The van der Waals surface area contributed by atoms with Crippen LogP contribution in [-0.2, 0) is 4.74 Å². The number of fused-ring (bicyclic) bond motifs is 1. The van der Waals surface area contributed by atoms with E-state index in [1.165, 1.54) is 0 Å². The number of hydrogen-bond acceptors (Lipinski definition) is 2. The van der Waals surface area contributed by atoms with Crippen LogP contribution < -0.4 is 0 Å². The first-order valence-electron chi connectivity index (χ1n) is 6.95. The lowest BCUT2D eigenvalue weighted by Crippen LogP contribution is -2.08. The summed E-state index contributed by atoms with van der Waals surface area (Å²) in [5.74, 6) is -0.283. The number of ether oxygens (including phenoxy) is 1. The Morgan fingerprint density at radius 1 is 1.19 bits per heavy atom. The van der Waals surface area contributed by atoms with E-state index in [1.807, 2.05) is 42.5 Å². The maximum absolute atomic E-state index is 12.3. The van der Waals surface area contributed by atoms with Gasteiger partial charge in [-0.15, -0.1) is 0 Å². The van der Waals surface area contributed by atoms with Gasteiger partial charge in [-0.25, -0.2) is 4.79 Å². The van der Waals surface area contributed by atoms with E-state index < -0.39 is 0 Å². The zero-order chi connectivity index (χ0) is 14.7. The van der Waals surface area contributed by atoms with Crippen molar-refractivity contribution in [2.45, 2.75) is 6.42 Å². The van der Waals surface area contributed by atoms with Crippen molar-refractivity contribution in [3.63, 3.8) is 0 Å². The highest BCUT2D eigenvalue weighted by atomic mass is 16.5. The molecule has 21 heavy (non-hydrogen) atoms. The Morgan fingerprint density at radius 3 is 2.76 bits per heavy atom. The average Bonchev–Trinajstić information content (AvgIpc) is 3.04. The number of rotatable bonds is 4. The van der Waals surface area contributed by atoms with Gasteiger partial charge in [-0.1, -0.05) is 61.2 Å². The van der Waals surface area contributed by atoms with Gasteiger partial charge in [0.15, 0.2) is 0 Å². The van der Waals surface area contributed by atoms with Crippen LogP contribution in [0.25, 0.3) is 16.8 Å². The summed E-state index contributed by atoms with van der Waals surface area (Å²) in [4.78, 5) is 12.3. The number of benzene rings is 2. The highest BCUT2D eigenvalue weighted by Crippen LogP contribution is 2.24. The van der Waals surface area contributed by atoms with Gasteiger partial charge in [-0.3, -0.25) is 0 Å². The molecule has 0 aliphatic heterocycles. The van der Waals surface area contributed by atoms with E-state index in [-0.39, 0.29) is 5.97 Å². The van der Waals surface area contributed by atoms with Gasteiger partial charge in [0.2, 0.25) is 0 Å². The van der Waals surface area contributed by atoms with Gasteiger partial charge >= 0.3 is 5.97 Å². The molecule has 0 atom stereocenters. The predicted octanol–water partition coefficient (Wildman–Crippen LogP) is 4.53. The average molecular weight is 276 g/mol. The lowest BCUT2D eigenvalue weighted by Gasteiger charge is -2.09. The monoisotopic (exact) mass is 276 g/mol. The summed E-state index contributed by atoms with van der Waals surface area (Å²) in [5.41, 5.74) is 2.74. The van der Waals surface area contributed by atoms with Gasteiger partial charge < -0.3 is 4.74 Å². The number of carbonyl (C=O) groups is 1. The molecule has 0 fully saturated rings. The minimum absolute atomic E-state index is 0.283. The van der Waals surface area contributed by atoms with Gasteiger partial charge in [-0.2, -0.15) is 0 Å². The van der Waals surface area contributed by atoms with Crippen LogP contribution in [-0.4, -0.2) is 12.6 Å². The van der Waals surface area contributed by atoms with Crippen LogP contribution in [0.1, 0.15) is 22.3 Å². The third-order valence-electron chi connectivity index (χ3n) is 3.63. The maximum Gasteiger partial charge on any atom is 0.339 e. The molecule has 1 aliphatic carbocycles. The van der Waals surface area contributed by atoms with E-state index in [1.54, 1.807) is 12.1 Å². The molecule has 0 aromatic heterocycles. The molecule has 1 aliphatic rings. The lowest BCUT2D eigenvalue weighted by molar-refractivity contribution is 0.0541. The quantitative estimate of drug-likeness (QED) is 0.767. The summed E-state index contributed by atoms with van der Waals surface area (Å²) < 4.78 is 5.42. The van der Waals surface area contributed by atoms with Crippen LogP contribution in [0, 0.1) is 0 Å². The van der Waals surface area contributed by atoms with E-state index in [0.29, 0.717) is 12.2 Å². The summed E-state index contributed by atoms with van der Waals surface area (Å²) in [6.07, 6.45) is 8.69. The molecular weight excluding hydrogens is 260 g/mol. The molecule has 0 N–H and O–H groups in total. The SMILES string of the molecule is C=Cc1cccc2c(C(=O)OCC3=CC=CC3)cccc12. The van der Waals surface area contributed by atoms with E-state index in [4.69, 9.17) is 4.74 Å². The van der Waals surface area contributed by atoms with Crippen molar-refractivity contribution in [3.8, 4) is 0 Å². The second-order valence-corrected chi connectivity index (χ2v) is 4.99. The Kier molecular flexibility index (Phi) is 3.69. The van der Waals surface area contributed by atoms with Crippen molar-refractivity contribution in [3.05, 3.63) is 77.9 Å². The van der Waals surface area contributed by atoms with Crippen molar-refractivity contribution >= 4 is 22.8 Å². The first-order valence-corrected chi connectivity index (χ1v) is 6.95. The van der Waals surface area contributed by atoms with Gasteiger partial charge in [0.25, 0.3) is 0 Å².